The standard InChI is InChI=1S/C8H9BrN4O2S/c9-3-1-4(14)13(2-3)5-6(10)11-8(16)12-7(5)15/h3H,1-2H2,(H4,10,11,12,15,16). The predicted octanol–water partition coefficient (Wildman–Crippen LogP) is 0.515. The summed E-state index contributed by atoms with van der Waals surface area (Å²) < 4.78 is 0.147. The normalized spacial score (nSPS) is 20.4. The van der Waals surface area contributed by atoms with Crippen LogP contribution in [-0.4, -0.2) is 27.2 Å². The van der Waals surface area contributed by atoms with Crippen LogP contribution in [-0.2, 0) is 4.79 Å². The highest BCUT2D eigenvalue weighted by Crippen LogP contribution is 2.25. The van der Waals surface area contributed by atoms with Crippen LogP contribution in [0, 0.1) is 4.77 Å². The number of amides is 1. The first-order valence-electron chi connectivity index (χ1n) is 4.55. The molecule has 0 aliphatic carbocycles. The van der Waals surface area contributed by atoms with Crippen molar-refractivity contribution in [2.24, 2.45) is 0 Å². The van der Waals surface area contributed by atoms with Gasteiger partial charge < -0.3 is 15.6 Å². The van der Waals surface area contributed by atoms with Gasteiger partial charge in [0.05, 0.1) is 0 Å². The van der Waals surface area contributed by atoms with Gasteiger partial charge in [0.2, 0.25) is 5.91 Å². The van der Waals surface area contributed by atoms with Crippen LogP contribution < -0.4 is 16.2 Å². The Morgan fingerprint density at radius 2 is 2.12 bits per heavy atom. The number of hydrogen-bond acceptors (Lipinski definition) is 4. The van der Waals surface area contributed by atoms with E-state index in [-0.39, 0.29) is 27.0 Å². The quantitative estimate of drug-likeness (QED) is 0.520. The van der Waals surface area contributed by atoms with E-state index in [9.17, 15) is 9.59 Å². The first-order valence-corrected chi connectivity index (χ1v) is 5.88. The highest BCUT2D eigenvalue weighted by molar-refractivity contribution is 9.09. The number of aromatic nitrogens is 2. The molecule has 86 valence electrons. The van der Waals surface area contributed by atoms with Crippen LogP contribution in [0.3, 0.4) is 0 Å². The maximum atomic E-state index is 11.7. The zero-order valence-electron chi connectivity index (χ0n) is 8.12. The summed E-state index contributed by atoms with van der Waals surface area (Å²) in [6.07, 6.45) is 0.356. The van der Waals surface area contributed by atoms with E-state index in [2.05, 4.69) is 25.9 Å². The summed E-state index contributed by atoms with van der Waals surface area (Å²) in [5, 5.41) is 0. The van der Waals surface area contributed by atoms with Gasteiger partial charge >= 0.3 is 0 Å². The Morgan fingerprint density at radius 1 is 1.44 bits per heavy atom. The van der Waals surface area contributed by atoms with E-state index in [1.165, 1.54) is 4.90 Å². The Labute approximate surface area is 104 Å². The van der Waals surface area contributed by atoms with Crippen LogP contribution in [0.15, 0.2) is 4.79 Å². The van der Waals surface area contributed by atoms with E-state index in [1.807, 2.05) is 0 Å². The zero-order chi connectivity index (χ0) is 11.9. The average Bonchev–Trinajstić information content (AvgIpc) is 2.43. The molecule has 1 aromatic rings. The Kier molecular flexibility index (Phi) is 2.85. The fourth-order valence-electron chi connectivity index (χ4n) is 1.65. The highest BCUT2D eigenvalue weighted by Gasteiger charge is 2.31. The minimum atomic E-state index is -0.448. The lowest BCUT2D eigenvalue weighted by Gasteiger charge is -2.16. The van der Waals surface area contributed by atoms with Gasteiger partial charge in [-0.25, -0.2) is 0 Å². The molecular weight excluding hydrogens is 296 g/mol. The zero-order valence-corrected chi connectivity index (χ0v) is 10.5. The van der Waals surface area contributed by atoms with Gasteiger partial charge in [0, 0.05) is 17.8 Å². The van der Waals surface area contributed by atoms with Crippen molar-refractivity contribution < 1.29 is 4.79 Å². The molecule has 0 radical (unpaired) electrons. The number of halogens is 1. The van der Waals surface area contributed by atoms with Crippen LogP contribution in [0.25, 0.3) is 0 Å². The summed E-state index contributed by atoms with van der Waals surface area (Å²) in [7, 11) is 0. The summed E-state index contributed by atoms with van der Waals surface area (Å²) in [6, 6.07) is 0. The molecule has 1 aliphatic rings. The number of nitrogens with two attached hydrogens (primary N) is 1. The maximum Gasteiger partial charge on any atom is 0.277 e. The van der Waals surface area contributed by atoms with Crippen LogP contribution in [0.2, 0.25) is 0 Å². The lowest BCUT2D eigenvalue weighted by Crippen LogP contribution is -2.32. The molecule has 1 fully saturated rings. The summed E-state index contributed by atoms with van der Waals surface area (Å²) in [4.78, 5) is 29.7. The molecule has 1 aromatic heterocycles. The molecule has 1 amide bonds. The number of H-pyrrole nitrogens is 2. The molecule has 16 heavy (non-hydrogen) atoms. The van der Waals surface area contributed by atoms with E-state index in [1.54, 1.807) is 0 Å². The van der Waals surface area contributed by atoms with E-state index < -0.39 is 5.56 Å². The lowest BCUT2D eigenvalue weighted by atomic mass is 10.4. The third kappa shape index (κ3) is 1.90. The largest absolute Gasteiger partial charge is 0.383 e. The van der Waals surface area contributed by atoms with Crippen molar-refractivity contribution in [3.63, 3.8) is 0 Å². The number of carbonyl (C=O) groups excluding carboxylic acids is 1. The topological polar surface area (TPSA) is 95.0 Å². The van der Waals surface area contributed by atoms with Crippen molar-refractivity contribution in [1.29, 1.82) is 0 Å². The molecule has 8 heteroatoms. The van der Waals surface area contributed by atoms with Crippen molar-refractivity contribution in [1.82, 2.24) is 9.97 Å². The van der Waals surface area contributed by atoms with Gasteiger partial charge in [0.25, 0.3) is 5.56 Å². The monoisotopic (exact) mass is 304 g/mol. The van der Waals surface area contributed by atoms with Gasteiger partial charge in [-0.2, -0.15) is 0 Å². The molecule has 1 saturated heterocycles. The second-order valence-corrected chi connectivity index (χ2v) is 5.18. The Balaban J connectivity index is 2.53. The number of nitrogens with zero attached hydrogens (tertiary/aromatic N) is 1. The molecule has 2 rings (SSSR count). The molecule has 1 unspecified atom stereocenters. The summed E-state index contributed by atoms with van der Waals surface area (Å²) >= 11 is 8.10. The maximum absolute atomic E-state index is 11.7. The van der Waals surface area contributed by atoms with Gasteiger partial charge in [0.15, 0.2) is 10.5 Å². The third-order valence-electron chi connectivity index (χ3n) is 2.29. The molecule has 0 spiro atoms. The van der Waals surface area contributed by atoms with Crippen LogP contribution in [0.4, 0.5) is 11.5 Å². The lowest BCUT2D eigenvalue weighted by molar-refractivity contribution is -0.117. The SMILES string of the molecule is Nc1[nH]c(=S)[nH]c(=O)c1N1CC(Br)CC1=O. The molecule has 0 bridgehead atoms. The second-order valence-electron chi connectivity index (χ2n) is 3.48. The number of alkyl halides is 1. The van der Waals surface area contributed by atoms with Crippen LogP contribution in [0.5, 0.6) is 0 Å². The van der Waals surface area contributed by atoms with E-state index in [0.717, 1.165) is 0 Å². The second kappa shape index (κ2) is 4.02. The van der Waals surface area contributed by atoms with E-state index in [4.69, 9.17) is 18.0 Å². The molecule has 2 heterocycles. The summed E-state index contributed by atoms with van der Waals surface area (Å²) in [5.41, 5.74) is 5.35. The number of anilines is 2. The first kappa shape index (κ1) is 11.3. The van der Waals surface area contributed by atoms with Crippen molar-refractivity contribution in [3.8, 4) is 0 Å². The van der Waals surface area contributed by atoms with Gasteiger partial charge in [-0.15, -0.1) is 0 Å². The first-order chi connectivity index (χ1) is 7.49. The minimum absolute atomic E-state index is 0.0435. The van der Waals surface area contributed by atoms with E-state index in [0.29, 0.717) is 13.0 Å². The molecular formula is C8H9BrN4O2S. The van der Waals surface area contributed by atoms with Gasteiger partial charge in [0.1, 0.15) is 5.82 Å². The van der Waals surface area contributed by atoms with Crippen molar-refractivity contribution in [2.75, 3.05) is 17.2 Å². The number of carbonyl (C=O) groups is 1. The Hall–Kier alpha value is -1.15. The highest BCUT2D eigenvalue weighted by atomic mass is 79.9. The number of nitrogens with one attached hydrogen (secondary N) is 2. The minimum Gasteiger partial charge on any atom is -0.383 e. The molecule has 4 N–H and O–H groups in total. The summed E-state index contributed by atoms with van der Waals surface area (Å²) in [6.45, 7) is 0.427. The van der Waals surface area contributed by atoms with Crippen LogP contribution in [0.1, 0.15) is 6.42 Å². The number of nitrogen functional groups attached to an aromatic ring is 1. The van der Waals surface area contributed by atoms with E-state index >= 15 is 0 Å². The molecule has 1 atom stereocenters. The smallest absolute Gasteiger partial charge is 0.277 e. The summed E-state index contributed by atoms with van der Waals surface area (Å²) in [5.74, 6) is -0.0201. The fourth-order valence-corrected chi connectivity index (χ4v) is 2.41. The number of aromatic amines is 2. The Bertz CT molecular complexity index is 552. The number of rotatable bonds is 1. The van der Waals surface area contributed by atoms with Gasteiger partial charge in [-0.3, -0.25) is 14.6 Å². The predicted molar refractivity (Wildman–Crippen MR) is 66.3 cm³/mol. The van der Waals surface area contributed by atoms with Crippen molar-refractivity contribution in [2.45, 2.75) is 11.2 Å². The fraction of sp³-hybridized carbons (Fsp3) is 0.375. The van der Waals surface area contributed by atoms with Crippen molar-refractivity contribution in [3.05, 3.63) is 15.1 Å². The number of hydrogen-bond donors (Lipinski definition) is 3. The average molecular weight is 305 g/mol. The van der Waals surface area contributed by atoms with Gasteiger partial charge in [-0.1, -0.05) is 15.9 Å². The Morgan fingerprint density at radius 3 is 2.62 bits per heavy atom. The molecule has 1 aliphatic heterocycles. The molecule has 0 aromatic carbocycles. The van der Waals surface area contributed by atoms with Gasteiger partial charge in [-0.05, 0) is 12.2 Å². The molecule has 6 nitrogen and oxygen atoms in total. The van der Waals surface area contributed by atoms with Crippen molar-refractivity contribution >= 4 is 45.6 Å². The van der Waals surface area contributed by atoms with Crippen LogP contribution >= 0.6 is 28.1 Å². The third-order valence-corrected chi connectivity index (χ3v) is 3.11. The molecule has 0 saturated carbocycles.